The van der Waals surface area contributed by atoms with Crippen molar-refractivity contribution in [3.63, 3.8) is 0 Å². The Kier molecular flexibility index (Phi) is 3.62. The van der Waals surface area contributed by atoms with E-state index in [1.165, 1.54) is 4.57 Å². The molecule has 2 heterocycles. The number of H-pyrrole nitrogens is 2. The molecule has 1 saturated carbocycles. The molecule has 2 atom stereocenters. The van der Waals surface area contributed by atoms with E-state index in [1.54, 1.807) is 4.90 Å². The summed E-state index contributed by atoms with van der Waals surface area (Å²) >= 11 is 0. The van der Waals surface area contributed by atoms with Crippen LogP contribution in [0.3, 0.4) is 0 Å². The van der Waals surface area contributed by atoms with Gasteiger partial charge in [-0.25, -0.2) is 34.6 Å². The molecule has 23 heavy (non-hydrogen) atoms. The van der Waals surface area contributed by atoms with Crippen molar-refractivity contribution in [2.75, 3.05) is 13.2 Å². The predicted molar refractivity (Wildman–Crippen MR) is 83.7 cm³/mol. The van der Waals surface area contributed by atoms with Crippen LogP contribution in [0.4, 0.5) is 4.79 Å². The molecule has 0 radical (unpaired) electrons. The van der Waals surface area contributed by atoms with E-state index < -0.39 is 11.4 Å². The standard InChI is InChI=1S/C14H24N6O3/c1-13(2)4-9(20-11(22)17-18-12(20)23)5-14(3,6-13)7-19-8-15-16-10(19)21/h9,15H,4-8H2,1-3H3,(H,16,21)(H,17,22)(H,18,23). The van der Waals surface area contributed by atoms with Crippen LogP contribution in [0.25, 0.3) is 0 Å². The Morgan fingerprint density at radius 3 is 2.30 bits per heavy atom. The Labute approximate surface area is 133 Å². The molecule has 3 rings (SSSR count). The summed E-state index contributed by atoms with van der Waals surface area (Å²) in [5.74, 6) is 0. The molecule has 9 nitrogen and oxygen atoms in total. The number of nitrogens with zero attached hydrogens (tertiary/aromatic N) is 2. The quantitative estimate of drug-likeness (QED) is 0.631. The van der Waals surface area contributed by atoms with Gasteiger partial charge in [0.15, 0.2) is 0 Å². The zero-order valence-electron chi connectivity index (χ0n) is 13.7. The molecule has 0 spiro atoms. The van der Waals surface area contributed by atoms with Crippen molar-refractivity contribution in [1.29, 1.82) is 0 Å². The highest BCUT2D eigenvalue weighted by atomic mass is 16.2. The molecule has 9 heteroatoms. The Morgan fingerprint density at radius 2 is 1.74 bits per heavy atom. The Hall–Kier alpha value is -2.03. The topological polar surface area (TPSA) is 115 Å². The van der Waals surface area contributed by atoms with Crippen molar-refractivity contribution in [3.05, 3.63) is 21.0 Å². The van der Waals surface area contributed by atoms with Crippen LogP contribution >= 0.6 is 0 Å². The minimum Gasteiger partial charge on any atom is -0.309 e. The minimum absolute atomic E-state index is 0.0234. The fourth-order valence-corrected chi connectivity index (χ4v) is 4.48. The Morgan fingerprint density at radius 1 is 1.09 bits per heavy atom. The van der Waals surface area contributed by atoms with Crippen LogP contribution in [-0.2, 0) is 0 Å². The number of urea groups is 1. The summed E-state index contributed by atoms with van der Waals surface area (Å²) < 4.78 is 1.28. The third-order valence-electron chi connectivity index (χ3n) is 4.83. The van der Waals surface area contributed by atoms with Crippen molar-refractivity contribution in [2.24, 2.45) is 10.8 Å². The van der Waals surface area contributed by atoms with Crippen LogP contribution in [0.15, 0.2) is 9.59 Å². The van der Waals surface area contributed by atoms with Crippen LogP contribution in [-0.4, -0.2) is 38.9 Å². The van der Waals surface area contributed by atoms with E-state index >= 15 is 0 Å². The van der Waals surface area contributed by atoms with Gasteiger partial charge in [0, 0.05) is 12.6 Å². The van der Waals surface area contributed by atoms with Gasteiger partial charge in [0.25, 0.3) is 0 Å². The van der Waals surface area contributed by atoms with E-state index in [1.807, 2.05) is 0 Å². The lowest BCUT2D eigenvalue weighted by Gasteiger charge is -2.47. The highest BCUT2D eigenvalue weighted by Crippen LogP contribution is 2.50. The first-order chi connectivity index (χ1) is 10.7. The molecule has 0 bridgehead atoms. The van der Waals surface area contributed by atoms with Gasteiger partial charge >= 0.3 is 17.4 Å². The van der Waals surface area contributed by atoms with Crippen molar-refractivity contribution < 1.29 is 4.79 Å². The van der Waals surface area contributed by atoms with Crippen LogP contribution in [0, 0.1) is 10.8 Å². The summed E-state index contributed by atoms with van der Waals surface area (Å²) in [5.41, 5.74) is 4.40. The minimum atomic E-state index is -0.402. The molecule has 2 aliphatic rings. The second-order valence-electron chi connectivity index (χ2n) is 7.91. The predicted octanol–water partition coefficient (Wildman–Crippen LogP) is 0.110. The number of aromatic nitrogens is 3. The molecule has 128 valence electrons. The van der Waals surface area contributed by atoms with E-state index in [2.05, 4.69) is 41.8 Å². The summed E-state index contributed by atoms with van der Waals surface area (Å²) in [6.45, 7) is 7.46. The van der Waals surface area contributed by atoms with Crippen LogP contribution in [0.1, 0.15) is 46.1 Å². The van der Waals surface area contributed by atoms with E-state index in [4.69, 9.17) is 0 Å². The molecule has 2 fully saturated rings. The molecule has 2 unspecified atom stereocenters. The normalized spacial score (nSPS) is 30.5. The molecule has 4 N–H and O–H groups in total. The number of carbonyl (C=O) groups excluding carboxylic acids is 1. The van der Waals surface area contributed by atoms with Gasteiger partial charge < -0.3 is 4.90 Å². The molecule has 1 aromatic rings. The summed E-state index contributed by atoms with van der Waals surface area (Å²) in [7, 11) is 0. The number of aromatic amines is 2. The fraction of sp³-hybridized carbons (Fsp3) is 0.786. The number of hydrazine groups is 1. The molecule has 1 saturated heterocycles. The summed E-state index contributed by atoms with van der Waals surface area (Å²) in [4.78, 5) is 37.4. The number of carbonyl (C=O) groups is 1. The van der Waals surface area contributed by atoms with Gasteiger partial charge in [-0.3, -0.25) is 5.43 Å². The Balaban J connectivity index is 1.88. The number of nitrogens with one attached hydrogen (secondary N) is 4. The SMILES string of the molecule is CC1(C)CC(n2c(=O)[nH][nH]c2=O)CC(C)(CN2CNNC2=O)C1. The van der Waals surface area contributed by atoms with Crippen LogP contribution in [0.5, 0.6) is 0 Å². The van der Waals surface area contributed by atoms with E-state index in [-0.39, 0.29) is 22.9 Å². The van der Waals surface area contributed by atoms with E-state index in [9.17, 15) is 14.4 Å². The van der Waals surface area contributed by atoms with Gasteiger partial charge in [-0.2, -0.15) is 0 Å². The average Bonchev–Trinajstić information content (AvgIpc) is 2.93. The second-order valence-corrected chi connectivity index (χ2v) is 7.91. The van der Waals surface area contributed by atoms with Gasteiger partial charge in [-0.1, -0.05) is 20.8 Å². The molecular weight excluding hydrogens is 300 g/mol. The number of amides is 2. The monoisotopic (exact) mass is 324 g/mol. The molecule has 0 aromatic carbocycles. The summed E-state index contributed by atoms with van der Waals surface area (Å²) in [6.07, 6.45) is 2.37. The smallest absolute Gasteiger partial charge is 0.309 e. The van der Waals surface area contributed by atoms with Crippen LogP contribution in [0.2, 0.25) is 0 Å². The van der Waals surface area contributed by atoms with Crippen LogP contribution < -0.4 is 22.2 Å². The lowest BCUT2D eigenvalue weighted by Crippen LogP contribution is -2.47. The molecule has 1 aliphatic heterocycles. The number of hydrogen-bond acceptors (Lipinski definition) is 4. The maximum absolute atomic E-state index is 11.9. The van der Waals surface area contributed by atoms with Gasteiger partial charge in [-0.05, 0) is 30.1 Å². The van der Waals surface area contributed by atoms with Crippen molar-refractivity contribution in [3.8, 4) is 0 Å². The van der Waals surface area contributed by atoms with Gasteiger partial charge in [0.1, 0.15) is 0 Å². The molecule has 2 amide bonds. The van der Waals surface area contributed by atoms with Crippen molar-refractivity contribution in [2.45, 2.75) is 46.1 Å². The zero-order valence-corrected chi connectivity index (χ0v) is 13.7. The zero-order chi connectivity index (χ0) is 16.8. The number of hydrogen-bond donors (Lipinski definition) is 4. The lowest BCUT2D eigenvalue weighted by atomic mass is 9.62. The third kappa shape index (κ3) is 3.05. The van der Waals surface area contributed by atoms with E-state index in [0.29, 0.717) is 19.6 Å². The van der Waals surface area contributed by atoms with Crippen molar-refractivity contribution in [1.82, 2.24) is 30.5 Å². The Bertz CT molecular complexity index is 689. The first-order valence-electron chi connectivity index (χ1n) is 7.86. The maximum atomic E-state index is 11.9. The maximum Gasteiger partial charge on any atom is 0.344 e. The highest BCUT2D eigenvalue weighted by molar-refractivity contribution is 5.75. The first kappa shape index (κ1) is 15.9. The summed E-state index contributed by atoms with van der Waals surface area (Å²) in [6, 6.07) is -0.312. The fourth-order valence-electron chi connectivity index (χ4n) is 4.48. The van der Waals surface area contributed by atoms with Gasteiger partial charge in [-0.15, -0.1) is 0 Å². The van der Waals surface area contributed by atoms with Gasteiger partial charge in [0.05, 0.1) is 6.67 Å². The largest absolute Gasteiger partial charge is 0.344 e. The molecule has 1 aliphatic carbocycles. The summed E-state index contributed by atoms with van der Waals surface area (Å²) in [5, 5.41) is 4.71. The second kappa shape index (κ2) is 5.26. The van der Waals surface area contributed by atoms with E-state index in [0.717, 1.165) is 12.8 Å². The molecular formula is C14H24N6O3. The lowest BCUT2D eigenvalue weighted by molar-refractivity contribution is 0.0371. The van der Waals surface area contributed by atoms with Gasteiger partial charge in [0.2, 0.25) is 0 Å². The highest BCUT2D eigenvalue weighted by Gasteiger charge is 2.44. The average molecular weight is 324 g/mol. The first-order valence-corrected chi connectivity index (χ1v) is 7.86. The number of rotatable bonds is 3. The third-order valence-corrected chi connectivity index (χ3v) is 4.83. The van der Waals surface area contributed by atoms with Crippen molar-refractivity contribution >= 4 is 6.03 Å². The molecule has 1 aromatic heterocycles.